The highest BCUT2D eigenvalue weighted by atomic mass is 16.2. The van der Waals surface area contributed by atoms with E-state index >= 15 is 0 Å². The molecule has 1 unspecified atom stereocenters. The van der Waals surface area contributed by atoms with E-state index in [1.165, 1.54) is 0 Å². The van der Waals surface area contributed by atoms with Crippen molar-refractivity contribution < 1.29 is 9.59 Å². The van der Waals surface area contributed by atoms with Gasteiger partial charge in [0.1, 0.15) is 0 Å². The van der Waals surface area contributed by atoms with Crippen molar-refractivity contribution in [3.63, 3.8) is 0 Å². The van der Waals surface area contributed by atoms with E-state index in [9.17, 15) is 9.59 Å². The molecule has 18 heavy (non-hydrogen) atoms. The van der Waals surface area contributed by atoms with E-state index in [1.807, 2.05) is 19.1 Å². The number of nitrogens with zero attached hydrogens (tertiary/aromatic N) is 2. The predicted molar refractivity (Wildman–Crippen MR) is 66.7 cm³/mol. The number of amides is 2. The second-order valence-electron chi connectivity index (χ2n) is 4.53. The monoisotopic (exact) mass is 247 g/mol. The van der Waals surface area contributed by atoms with Gasteiger partial charge in [-0.25, -0.2) is 0 Å². The Kier molecular flexibility index (Phi) is 3.92. The van der Waals surface area contributed by atoms with Crippen molar-refractivity contribution >= 4 is 11.8 Å². The molecular weight excluding hydrogens is 230 g/mol. The second-order valence-corrected chi connectivity index (χ2v) is 4.53. The molecule has 0 spiro atoms. The third-order valence-electron chi connectivity index (χ3n) is 3.10. The Balaban J connectivity index is 2.01. The lowest BCUT2D eigenvalue weighted by atomic mass is 10.1. The van der Waals surface area contributed by atoms with Crippen LogP contribution in [-0.2, 0) is 16.0 Å². The minimum atomic E-state index is 0.0125. The van der Waals surface area contributed by atoms with Crippen molar-refractivity contribution in [2.75, 3.05) is 13.1 Å². The Morgan fingerprint density at radius 2 is 2.44 bits per heavy atom. The molecule has 1 N–H and O–H groups in total. The van der Waals surface area contributed by atoms with E-state index in [2.05, 4.69) is 10.3 Å². The molecule has 96 valence electrons. The average molecular weight is 247 g/mol. The SMILES string of the molecule is CC1CNC(=O)CCN1C(=O)Cc1cccnc1. The van der Waals surface area contributed by atoms with Crippen LogP contribution in [0.5, 0.6) is 0 Å². The first-order valence-electron chi connectivity index (χ1n) is 6.12. The topological polar surface area (TPSA) is 62.3 Å². The quantitative estimate of drug-likeness (QED) is 0.821. The Labute approximate surface area is 106 Å². The number of pyridine rings is 1. The summed E-state index contributed by atoms with van der Waals surface area (Å²) in [4.78, 5) is 29.3. The average Bonchev–Trinajstić information content (AvgIpc) is 2.53. The molecule has 1 aromatic rings. The highest BCUT2D eigenvalue weighted by Gasteiger charge is 2.24. The van der Waals surface area contributed by atoms with E-state index in [4.69, 9.17) is 0 Å². The lowest BCUT2D eigenvalue weighted by molar-refractivity contribution is -0.132. The Hall–Kier alpha value is -1.91. The number of carbonyl (C=O) groups excluding carboxylic acids is 2. The second kappa shape index (κ2) is 5.62. The molecule has 2 heterocycles. The van der Waals surface area contributed by atoms with E-state index in [0.29, 0.717) is 25.9 Å². The zero-order valence-electron chi connectivity index (χ0n) is 10.4. The van der Waals surface area contributed by atoms with Crippen molar-refractivity contribution in [1.29, 1.82) is 0 Å². The fourth-order valence-electron chi connectivity index (χ4n) is 2.05. The summed E-state index contributed by atoms with van der Waals surface area (Å²) in [6.07, 6.45) is 4.10. The van der Waals surface area contributed by atoms with Gasteiger partial charge in [0.25, 0.3) is 0 Å². The number of rotatable bonds is 2. The van der Waals surface area contributed by atoms with Crippen LogP contribution in [0, 0.1) is 0 Å². The van der Waals surface area contributed by atoms with Gasteiger partial charge in [-0.3, -0.25) is 14.6 Å². The highest BCUT2D eigenvalue weighted by molar-refractivity contribution is 5.81. The van der Waals surface area contributed by atoms with E-state index < -0.39 is 0 Å². The van der Waals surface area contributed by atoms with Gasteiger partial charge in [0.2, 0.25) is 11.8 Å². The first kappa shape index (κ1) is 12.5. The number of hydrogen-bond acceptors (Lipinski definition) is 3. The molecule has 2 amide bonds. The molecule has 0 radical (unpaired) electrons. The summed E-state index contributed by atoms with van der Waals surface area (Å²) in [6.45, 7) is 2.97. The molecule has 5 nitrogen and oxygen atoms in total. The number of hydrogen-bond donors (Lipinski definition) is 1. The fraction of sp³-hybridized carbons (Fsp3) is 0.462. The molecule has 1 fully saturated rings. The number of carbonyl (C=O) groups is 2. The maximum Gasteiger partial charge on any atom is 0.227 e. The smallest absolute Gasteiger partial charge is 0.227 e. The summed E-state index contributed by atoms with van der Waals surface area (Å²) in [5.74, 6) is 0.0607. The largest absolute Gasteiger partial charge is 0.354 e. The van der Waals surface area contributed by atoms with E-state index in [-0.39, 0.29) is 17.9 Å². The molecule has 1 atom stereocenters. The molecule has 0 bridgehead atoms. The van der Waals surface area contributed by atoms with E-state index in [1.54, 1.807) is 17.3 Å². The zero-order valence-corrected chi connectivity index (χ0v) is 10.4. The first-order valence-corrected chi connectivity index (χ1v) is 6.12. The fourth-order valence-corrected chi connectivity index (χ4v) is 2.05. The van der Waals surface area contributed by atoms with Crippen molar-refractivity contribution in [3.05, 3.63) is 30.1 Å². The summed E-state index contributed by atoms with van der Waals surface area (Å²) in [7, 11) is 0. The standard InChI is InChI=1S/C13H17N3O2/c1-10-8-15-12(17)4-6-16(10)13(18)7-11-3-2-5-14-9-11/h2-3,5,9-10H,4,6-8H2,1H3,(H,15,17). The van der Waals surface area contributed by atoms with Gasteiger partial charge in [-0.15, -0.1) is 0 Å². The van der Waals surface area contributed by atoms with Crippen molar-refractivity contribution in [1.82, 2.24) is 15.2 Å². The molecule has 1 aliphatic rings. The van der Waals surface area contributed by atoms with Crippen LogP contribution in [0.3, 0.4) is 0 Å². The molecule has 5 heteroatoms. The lowest BCUT2D eigenvalue weighted by Gasteiger charge is -2.26. The van der Waals surface area contributed by atoms with Gasteiger partial charge in [-0.1, -0.05) is 6.07 Å². The zero-order chi connectivity index (χ0) is 13.0. The lowest BCUT2D eigenvalue weighted by Crippen LogP contribution is -2.42. The number of nitrogens with one attached hydrogen (secondary N) is 1. The third kappa shape index (κ3) is 3.06. The summed E-state index contributed by atoms with van der Waals surface area (Å²) in [5, 5.41) is 2.80. The Morgan fingerprint density at radius 3 is 3.17 bits per heavy atom. The van der Waals surface area contributed by atoms with Gasteiger partial charge in [0.15, 0.2) is 0 Å². The van der Waals surface area contributed by atoms with E-state index in [0.717, 1.165) is 5.56 Å². The normalized spacial score (nSPS) is 20.2. The maximum absolute atomic E-state index is 12.2. The molecular formula is C13H17N3O2. The van der Waals surface area contributed by atoms with Crippen LogP contribution in [0.25, 0.3) is 0 Å². The van der Waals surface area contributed by atoms with Gasteiger partial charge in [0, 0.05) is 37.9 Å². The summed E-state index contributed by atoms with van der Waals surface area (Å²) < 4.78 is 0. The maximum atomic E-state index is 12.2. The Bertz CT molecular complexity index is 433. The van der Waals surface area contributed by atoms with Crippen LogP contribution < -0.4 is 5.32 Å². The van der Waals surface area contributed by atoms with Crippen LogP contribution in [0.1, 0.15) is 18.9 Å². The van der Waals surface area contributed by atoms with Gasteiger partial charge < -0.3 is 10.2 Å². The summed E-state index contributed by atoms with van der Waals surface area (Å²) >= 11 is 0. The molecule has 0 aliphatic carbocycles. The molecule has 0 saturated carbocycles. The molecule has 1 aliphatic heterocycles. The van der Waals surface area contributed by atoms with Gasteiger partial charge in [0.05, 0.1) is 6.42 Å². The Morgan fingerprint density at radius 1 is 1.61 bits per heavy atom. The van der Waals surface area contributed by atoms with Crippen molar-refractivity contribution in [2.45, 2.75) is 25.8 Å². The predicted octanol–water partition coefficient (Wildman–Crippen LogP) is 0.361. The van der Waals surface area contributed by atoms with Crippen LogP contribution in [0.2, 0.25) is 0 Å². The third-order valence-corrected chi connectivity index (χ3v) is 3.10. The number of aromatic nitrogens is 1. The minimum Gasteiger partial charge on any atom is -0.354 e. The highest BCUT2D eigenvalue weighted by Crippen LogP contribution is 2.08. The van der Waals surface area contributed by atoms with Gasteiger partial charge in [-0.05, 0) is 18.6 Å². The van der Waals surface area contributed by atoms with Crippen molar-refractivity contribution in [2.24, 2.45) is 0 Å². The minimum absolute atomic E-state index is 0.0125. The summed E-state index contributed by atoms with van der Waals surface area (Å²) in [5.41, 5.74) is 0.901. The van der Waals surface area contributed by atoms with Crippen LogP contribution >= 0.6 is 0 Å². The van der Waals surface area contributed by atoms with Crippen LogP contribution in [0.4, 0.5) is 0 Å². The van der Waals surface area contributed by atoms with Crippen LogP contribution in [0.15, 0.2) is 24.5 Å². The summed E-state index contributed by atoms with van der Waals surface area (Å²) in [6, 6.07) is 3.75. The van der Waals surface area contributed by atoms with Crippen LogP contribution in [-0.4, -0.2) is 40.8 Å². The van der Waals surface area contributed by atoms with Crippen molar-refractivity contribution in [3.8, 4) is 0 Å². The van der Waals surface area contributed by atoms with Gasteiger partial charge in [-0.2, -0.15) is 0 Å². The molecule has 1 aromatic heterocycles. The molecule has 2 rings (SSSR count). The molecule has 1 saturated heterocycles. The first-order chi connectivity index (χ1) is 8.66. The van der Waals surface area contributed by atoms with Gasteiger partial charge >= 0.3 is 0 Å². The molecule has 0 aromatic carbocycles.